The van der Waals surface area contributed by atoms with E-state index < -0.39 is 6.10 Å². The Morgan fingerprint density at radius 1 is 1.35 bits per heavy atom. The van der Waals surface area contributed by atoms with Crippen LogP contribution in [0.2, 0.25) is 0 Å². The van der Waals surface area contributed by atoms with Crippen LogP contribution in [-0.2, 0) is 4.79 Å². The molecule has 1 atom stereocenters. The third kappa shape index (κ3) is 5.80. The van der Waals surface area contributed by atoms with Crippen molar-refractivity contribution in [2.75, 3.05) is 17.7 Å². The molecular formula is C16H18N2O4S. The van der Waals surface area contributed by atoms with E-state index >= 15 is 0 Å². The van der Waals surface area contributed by atoms with E-state index in [1.54, 1.807) is 42.5 Å². The van der Waals surface area contributed by atoms with Crippen molar-refractivity contribution < 1.29 is 19.4 Å². The maximum Gasteiger partial charge on any atom is 0.251 e. The zero-order valence-electron chi connectivity index (χ0n) is 12.6. The fourth-order valence-electron chi connectivity index (χ4n) is 1.78. The molecule has 0 fully saturated rings. The van der Waals surface area contributed by atoms with Gasteiger partial charge in [0.2, 0.25) is 5.91 Å². The first-order valence-corrected chi connectivity index (χ1v) is 8.02. The van der Waals surface area contributed by atoms with Gasteiger partial charge in [-0.25, -0.2) is 0 Å². The molecule has 1 aromatic carbocycles. The monoisotopic (exact) mass is 334 g/mol. The van der Waals surface area contributed by atoms with Crippen LogP contribution >= 0.6 is 11.8 Å². The van der Waals surface area contributed by atoms with Crippen LogP contribution in [-0.4, -0.2) is 29.5 Å². The molecule has 2 N–H and O–H groups in total. The normalized spacial score (nSPS) is 11.7. The van der Waals surface area contributed by atoms with Gasteiger partial charge in [0, 0.05) is 30.5 Å². The summed E-state index contributed by atoms with van der Waals surface area (Å²) in [5.41, 5.74) is 0.685. The van der Waals surface area contributed by atoms with Crippen LogP contribution in [0.4, 0.5) is 5.69 Å². The molecule has 2 aromatic rings. The van der Waals surface area contributed by atoms with Crippen molar-refractivity contribution in [2.45, 2.75) is 18.1 Å². The summed E-state index contributed by atoms with van der Waals surface area (Å²) in [4.78, 5) is 10.9. The van der Waals surface area contributed by atoms with E-state index in [4.69, 9.17) is 4.74 Å². The first-order valence-electron chi connectivity index (χ1n) is 7.04. The van der Waals surface area contributed by atoms with Gasteiger partial charge >= 0.3 is 0 Å². The predicted molar refractivity (Wildman–Crippen MR) is 88.4 cm³/mol. The second-order valence-electron chi connectivity index (χ2n) is 4.85. The number of aliphatic hydroxyl groups excluding tert-OH is 1. The molecule has 0 aliphatic rings. The number of carbonyl (C=O) groups is 1. The minimum absolute atomic E-state index is 0.123. The van der Waals surface area contributed by atoms with E-state index in [2.05, 4.69) is 5.32 Å². The molecule has 1 aromatic heterocycles. The Balaban J connectivity index is 1.76. The van der Waals surface area contributed by atoms with Gasteiger partial charge in [-0.05, 0) is 30.3 Å². The van der Waals surface area contributed by atoms with Crippen LogP contribution in [0.5, 0.6) is 5.75 Å². The first-order chi connectivity index (χ1) is 11.0. The largest absolute Gasteiger partial charge is 0.618 e. The van der Waals surface area contributed by atoms with Crippen molar-refractivity contribution in [3.63, 3.8) is 0 Å². The second-order valence-corrected chi connectivity index (χ2v) is 5.89. The SMILES string of the molecule is CC(=O)Nc1ccc(OCC(O)CSc2cccc[n+]2[O-])cc1. The molecule has 0 aliphatic carbocycles. The number of hydrogen-bond acceptors (Lipinski definition) is 5. The molecule has 0 saturated carbocycles. The quantitative estimate of drug-likeness (QED) is 0.458. The molecule has 0 saturated heterocycles. The number of hydrogen-bond donors (Lipinski definition) is 2. The zero-order chi connectivity index (χ0) is 16.7. The van der Waals surface area contributed by atoms with E-state index in [9.17, 15) is 15.1 Å². The van der Waals surface area contributed by atoms with Crippen molar-refractivity contribution >= 4 is 23.4 Å². The van der Waals surface area contributed by atoms with Crippen LogP contribution in [0, 0.1) is 5.21 Å². The van der Waals surface area contributed by atoms with E-state index in [0.717, 1.165) is 4.73 Å². The van der Waals surface area contributed by atoms with Gasteiger partial charge in [0.15, 0.2) is 6.20 Å². The maximum atomic E-state index is 11.5. The van der Waals surface area contributed by atoms with Crippen molar-refractivity contribution in [1.29, 1.82) is 0 Å². The lowest BCUT2D eigenvalue weighted by atomic mass is 10.3. The lowest BCUT2D eigenvalue weighted by Gasteiger charge is -2.12. The Morgan fingerprint density at radius 2 is 2.09 bits per heavy atom. The number of aromatic nitrogens is 1. The molecule has 23 heavy (non-hydrogen) atoms. The molecule has 0 bridgehead atoms. The van der Waals surface area contributed by atoms with Crippen molar-refractivity contribution in [3.05, 3.63) is 53.9 Å². The van der Waals surface area contributed by atoms with E-state index in [0.29, 0.717) is 22.2 Å². The molecule has 6 nitrogen and oxygen atoms in total. The number of pyridine rings is 1. The first kappa shape index (κ1) is 17.1. The average Bonchev–Trinajstić information content (AvgIpc) is 2.53. The highest BCUT2D eigenvalue weighted by Crippen LogP contribution is 2.17. The third-order valence-corrected chi connectivity index (χ3v) is 3.99. The van der Waals surface area contributed by atoms with Crippen LogP contribution in [0.15, 0.2) is 53.7 Å². The number of thioether (sulfide) groups is 1. The average molecular weight is 334 g/mol. The summed E-state index contributed by atoms with van der Waals surface area (Å²) in [5, 5.41) is 24.6. The summed E-state index contributed by atoms with van der Waals surface area (Å²) < 4.78 is 6.25. The standard InChI is InChI=1S/C16H18N2O4S/c1-12(19)17-13-5-7-15(8-6-13)22-10-14(20)11-23-16-4-2-3-9-18(16)21/h2-9,14,20H,10-11H2,1H3,(H,17,19). The molecule has 0 radical (unpaired) electrons. The molecule has 7 heteroatoms. The van der Waals surface area contributed by atoms with Crippen LogP contribution in [0.3, 0.4) is 0 Å². The summed E-state index contributed by atoms with van der Waals surface area (Å²) >= 11 is 1.27. The number of ether oxygens (including phenoxy) is 1. The van der Waals surface area contributed by atoms with Gasteiger partial charge in [-0.3, -0.25) is 4.79 Å². The van der Waals surface area contributed by atoms with Gasteiger partial charge in [-0.1, -0.05) is 11.8 Å². The number of benzene rings is 1. The Bertz CT molecular complexity index is 649. The van der Waals surface area contributed by atoms with Gasteiger partial charge < -0.3 is 20.4 Å². The summed E-state index contributed by atoms with van der Waals surface area (Å²) in [7, 11) is 0. The number of carbonyl (C=O) groups excluding carboxylic acids is 1. The highest BCUT2D eigenvalue weighted by Gasteiger charge is 2.11. The van der Waals surface area contributed by atoms with Crippen molar-refractivity contribution in [3.8, 4) is 5.75 Å². The van der Waals surface area contributed by atoms with E-state index in [1.807, 2.05) is 0 Å². The zero-order valence-corrected chi connectivity index (χ0v) is 13.5. The molecule has 1 amide bonds. The van der Waals surface area contributed by atoms with E-state index in [-0.39, 0.29) is 12.5 Å². The lowest BCUT2D eigenvalue weighted by molar-refractivity contribution is -0.645. The fourth-order valence-corrected chi connectivity index (χ4v) is 2.61. The number of anilines is 1. The van der Waals surface area contributed by atoms with Gasteiger partial charge in [0.05, 0.1) is 6.10 Å². The third-order valence-electron chi connectivity index (χ3n) is 2.83. The van der Waals surface area contributed by atoms with Gasteiger partial charge in [-0.2, -0.15) is 4.73 Å². The van der Waals surface area contributed by atoms with Gasteiger partial charge in [0.1, 0.15) is 12.4 Å². The number of amides is 1. The molecule has 2 rings (SSSR count). The number of nitrogens with zero attached hydrogens (tertiary/aromatic N) is 1. The maximum absolute atomic E-state index is 11.5. The highest BCUT2D eigenvalue weighted by atomic mass is 32.2. The smallest absolute Gasteiger partial charge is 0.251 e. The number of aliphatic hydroxyl groups is 1. The second kappa shape index (κ2) is 8.40. The van der Waals surface area contributed by atoms with Crippen molar-refractivity contribution in [2.24, 2.45) is 0 Å². The van der Waals surface area contributed by atoms with Crippen LogP contribution in [0.25, 0.3) is 0 Å². The molecular weight excluding hydrogens is 316 g/mol. The fraction of sp³-hybridized carbons (Fsp3) is 0.250. The predicted octanol–water partition coefficient (Wildman–Crippen LogP) is 1.81. The van der Waals surface area contributed by atoms with Gasteiger partial charge in [0.25, 0.3) is 5.03 Å². The summed E-state index contributed by atoms with van der Waals surface area (Å²) in [6.07, 6.45) is 0.720. The Morgan fingerprint density at radius 3 is 2.74 bits per heavy atom. The molecule has 0 spiro atoms. The van der Waals surface area contributed by atoms with Crippen LogP contribution < -0.4 is 14.8 Å². The minimum atomic E-state index is -0.699. The molecule has 122 valence electrons. The van der Waals surface area contributed by atoms with Crippen LogP contribution in [0.1, 0.15) is 6.92 Å². The number of rotatable bonds is 7. The highest BCUT2D eigenvalue weighted by molar-refractivity contribution is 7.99. The number of nitrogens with one attached hydrogen (secondary N) is 1. The minimum Gasteiger partial charge on any atom is -0.618 e. The molecule has 1 unspecified atom stereocenters. The summed E-state index contributed by atoms with van der Waals surface area (Å²) in [6, 6.07) is 12.0. The van der Waals surface area contributed by atoms with E-state index in [1.165, 1.54) is 24.9 Å². The topological polar surface area (TPSA) is 85.5 Å². The van der Waals surface area contributed by atoms with Crippen molar-refractivity contribution in [1.82, 2.24) is 0 Å². The Kier molecular flexibility index (Phi) is 6.25. The summed E-state index contributed by atoms with van der Waals surface area (Å²) in [6.45, 7) is 1.56. The lowest BCUT2D eigenvalue weighted by Crippen LogP contribution is -2.29. The van der Waals surface area contributed by atoms with Gasteiger partial charge in [-0.15, -0.1) is 0 Å². The molecule has 0 aliphatic heterocycles. The Hall–Kier alpha value is -2.25. The Labute approximate surface area is 138 Å². The molecule has 1 heterocycles. The summed E-state index contributed by atoms with van der Waals surface area (Å²) in [5.74, 6) is 0.820.